The standard InChI is InChI=1S/C24H33N3OS2/c1-4-27-17-6-5-8-23(27)14-11-20-9-12-22(13-10-20)25(2)15-7-16-26(3)24(28)21(18-29)19-30/h5-6,8-14,17,21H,4,7,15-16,18-19H2,1-3H3,(H-,29,30)/p+1. The van der Waals surface area contributed by atoms with Gasteiger partial charge in [-0.25, -0.2) is 0 Å². The van der Waals surface area contributed by atoms with E-state index < -0.39 is 0 Å². The first-order valence-corrected chi connectivity index (χ1v) is 11.7. The molecule has 1 aromatic carbocycles. The van der Waals surface area contributed by atoms with Crippen LogP contribution >= 0.6 is 25.3 Å². The van der Waals surface area contributed by atoms with Crippen LogP contribution < -0.4 is 9.47 Å². The fraction of sp³-hybridized carbons (Fsp3) is 0.417. The van der Waals surface area contributed by atoms with E-state index in [9.17, 15) is 4.79 Å². The summed E-state index contributed by atoms with van der Waals surface area (Å²) in [7, 11) is 3.95. The monoisotopic (exact) mass is 444 g/mol. The number of hydrogen-bond acceptors (Lipinski definition) is 4. The molecule has 0 bridgehead atoms. The summed E-state index contributed by atoms with van der Waals surface area (Å²) in [6, 6.07) is 14.8. The molecule has 0 N–H and O–H groups in total. The van der Waals surface area contributed by atoms with Gasteiger partial charge >= 0.3 is 0 Å². The quantitative estimate of drug-likeness (QED) is 0.406. The van der Waals surface area contributed by atoms with Crippen molar-refractivity contribution < 1.29 is 9.36 Å². The minimum Gasteiger partial charge on any atom is -0.375 e. The second-order valence-corrected chi connectivity index (χ2v) is 8.16. The molecule has 0 atom stereocenters. The molecule has 4 nitrogen and oxygen atoms in total. The van der Waals surface area contributed by atoms with E-state index in [1.807, 2.05) is 7.05 Å². The van der Waals surface area contributed by atoms with Gasteiger partial charge in [0.1, 0.15) is 6.54 Å². The lowest BCUT2D eigenvalue weighted by Gasteiger charge is -2.24. The van der Waals surface area contributed by atoms with E-state index in [4.69, 9.17) is 0 Å². The molecular weight excluding hydrogens is 410 g/mol. The number of carbonyl (C=O) groups excluding carboxylic acids is 1. The van der Waals surface area contributed by atoms with E-state index in [1.54, 1.807) is 4.90 Å². The van der Waals surface area contributed by atoms with Crippen molar-refractivity contribution in [1.82, 2.24) is 4.90 Å². The minimum absolute atomic E-state index is 0.109. The van der Waals surface area contributed by atoms with Crippen LogP contribution in [0.4, 0.5) is 5.69 Å². The highest BCUT2D eigenvalue weighted by molar-refractivity contribution is 7.81. The van der Waals surface area contributed by atoms with E-state index in [2.05, 4.69) is 110 Å². The van der Waals surface area contributed by atoms with Crippen LogP contribution in [0, 0.1) is 5.92 Å². The molecule has 0 aliphatic heterocycles. The number of amides is 1. The maximum Gasteiger partial charge on any atom is 0.227 e. The summed E-state index contributed by atoms with van der Waals surface area (Å²) < 4.78 is 2.22. The Morgan fingerprint density at radius 1 is 1.03 bits per heavy atom. The fourth-order valence-corrected chi connectivity index (χ4v) is 4.03. The Kier molecular flexibility index (Phi) is 10.3. The molecular formula is C24H34N3OS2+. The van der Waals surface area contributed by atoms with Gasteiger partial charge < -0.3 is 9.80 Å². The van der Waals surface area contributed by atoms with Crippen LogP contribution in [0.15, 0.2) is 48.7 Å². The van der Waals surface area contributed by atoms with Gasteiger partial charge in [-0.2, -0.15) is 29.8 Å². The van der Waals surface area contributed by atoms with Crippen LogP contribution in [0.25, 0.3) is 12.2 Å². The maximum absolute atomic E-state index is 12.3. The number of aryl methyl sites for hydroxylation is 1. The first-order valence-electron chi connectivity index (χ1n) is 10.4. The Balaban J connectivity index is 1.87. The summed E-state index contributed by atoms with van der Waals surface area (Å²) in [5, 5.41) is 0. The molecule has 0 aliphatic rings. The molecule has 0 saturated carbocycles. The van der Waals surface area contributed by atoms with Crippen molar-refractivity contribution in [3.63, 3.8) is 0 Å². The zero-order chi connectivity index (χ0) is 21.9. The molecule has 0 radical (unpaired) electrons. The van der Waals surface area contributed by atoms with Gasteiger partial charge in [-0.05, 0) is 43.2 Å². The summed E-state index contributed by atoms with van der Waals surface area (Å²) in [6.07, 6.45) is 7.31. The lowest BCUT2D eigenvalue weighted by Crippen LogP contribution is -2.36. The zero-order valence-corrected chi connectivity index (χ0v) is 20.0. The molecule has 0 saturated heterocycles. The first-order chi connectivity index (χ1) is 14.5. The van der Waals surface area contributed by atoms with Crippen molar-refractivity contribution in [2.45, 2.75) is 19.9 Å². The van der Waals surface area contributed by atoms with E-state index in [1.165, 1.54) is 16.9 Å². The number of thiol groups is 2. The molecule has 1 aromatic heterocycles. The van der Waals surface area contributed by atoms with Crippen LogP contribution in [-0.4, -0.2) is 49.5 Å². The van der Waals surface area contributed by atoms with Gasteiger partial charge in [0.25, 0.3) is 0 Å². The number of hydrogen-bond donors (Lipinski definition) is 2. The largest absolute Gasteiger partial charge is 0.375 e. The third-order valence-corrected chi connectivity index (χ3v) is 6.13. The number of rotatable bonds is 11. The number of nitrogens with zero attached hydrogens (tertiary/aromatic N) is 3. The Morgan fingerprint density at radius 3 is 2.37 bits per heavy atom. The summed E-state index contributed by atoms with van der Waals surface area (Å²) >= 11 is 8.49. The molecule has 0 fully saturated rings. The Morgan fingerprint density at radius 2 is 1.73 bits per heavy atom. The van der Waals surface area contributed by atoms with Crippen LogP contribution in [0.1, 0.15) is 24.6 Å². The van der Waals surface area contributed by atoms with Crippen molar-refractivity contribution in [2.75, 3.05) is 43.6 Å². The molecule has 6 heteroatoms. The molecule has 0 spiro atoms. The number of carbonyl (C=O) groups is 1. The van der Waals surface area contributed by atoms with E-state index >= 15 is 0 Å². The van der Waals surface area contributed by atoms with Gasteiger partial charge in [0, 0.05) is 62.6 Å². The predicted octanol–water partition coefficient (Wildman–Crippen LogP) is 3.92. The Bertz CT molecular complexity index is 819. The second-order valence-electron chi connectivity index (χ2n) is 7.43. The maximum atomic E-state index is 12.3. The zero-order valence-electron chi connectivity index (χ0n) is 18.2. The highest BCUT2D eigenvalue weighted by Gasteiger charge is 2.19. The Labute approximate surface area is 192 Å². The van der Waals surface area contributed by atoms with Crippen LogP contribution in [-0.2, 0) is 11.3 Å². The van der Waals surface area contributed by atoms with Crippen molar-refractivity contribution in [1.29, 1.82) is 0 Å². The van der Waals surface area contributed by atoms with Gasteiger partial charge in [0.05, 0.1) is 5.92 Å². The van der Waals surface area contributed by atoms with Gasteiger partial charge in [0.2, 0.25) is 11.6 Å². The third kappa shape index (κ3) is 7.10. The third-order valence-electron chi connectivity index (χ3n) is 5.25. The average Bonchev–Trinajstić information content (AvgIpc) is 2.78. The number of benzene rings is 1. The topological polar surface area (TPSA) is 27.4 Å². The number of anilines is 1. The normalized spacial score (nSPS) is 11.3. The van der Waals surface area contributed by atoms with E-state index in [0.29, 0.717) is 11.5 Å². The molecule has 1 amide bonds. The van der Waals surface area contributed by atoms with Gasteiger partial charge in [-0.1, -0.05) is 12.1 Å². The molecule has 2 aromatic rings. The SMILES string of the molecule is CC[n+]1ccccc1/C=C/c1ccc(N(C)CCCN(C)C(=O)C(CS)CS)cc1. The van der Waals surface area contributed by atoms with Crippen LogP contribution in [0.2, 0.25) is 0 Å². The smallest absolute Gasteiger partial charge is 0.227 e. The predicted molar refractivity (Wildman–Crippen MR) is 134 cm³/mol. The molecule has 2 rings (SSSR count). The average molecular weight is 445 g/mol. The Hall–Kier alpha value is -1.92. The highest BCUT2D eigenvalue weighted by atomic mass is 32.1. The van der Waals surface area contributed by atoms with Gasteiger partial charge in [0.15, 0.2) is 6.20 Å². The first kappa shape index (κ1) is 24.4. The molecule has 0 aliphatic carbocycles. The minimum atomic E-state index is -0.109. The molecule has 1 heterocycles. The molecule has 30 heavy (non-hydrogen) atoms. The van der Waals surface area contributed by atoms with Crippen molar-refractivity contribution in [3.05, 3.63) is 59.9 Å². The lowest BCUT2D eigenvalue weighted by molar-refractivity contribution is -0.695. The van der Waals surface area contributed by atoms with Gasteiger partial charge in [-0.15, -0.1) is 0 Å². The van der Waals surface area contributed by atoms with Crippen molar-refractivity contribution in [2.24, 2.45) is 5.92 Å². The molecule has 0 unspecified atom stereocenters. The highest BCUT2D eigenvalue weighted by Crippen LogP contribution is 2.16. The summed E-state index contributed by atoms with van der Waals surface area (Å²) in [5.41, 5.74) is 3.54. The number of pyridine rings is 1. The van der Waals surface area contributed by atoms with E-state index in [0.717, 1.165) is 26.1 Å². The second kappa shape index (κ2) is 12.7. The van der Waals surface area contributed by atoms with Crippen LogP contribution in [0.5, 0.6) is 0 Å². The summed E-state index contributed by atoms with van der Waals surface area (Å²) in [6.45, 7) is 4.72. The summed E-state index contributed by atoms with van der Waals surface area (Å²) in [4.78, 5) is 16.3. The van der Waals surface area contributed by atoms with Crippen LogP contribution in [0.3, 0.4) is 0 Å². The van der Waals surface area contributed by atoms with Crippen molar-refractivity contribution in [3.8, 4) is 0 Å². The van der Waals surface area contributed by atoms with Gasteiger partial charge in [-0.3, -0.25) is 4.79 Å². The fourth-order valence-electron chi connectivity index (χ4n) is 3.26. The molecule has 162 valence electrons. The summed E-state index contributed by atoms with van der Waals surface area (Å²) in [5.74, 6) is 1.09. The lowest BCUT2D eigenvalue weighted by atomic mass is 10.1. The van der Waals surface area contributed by atoms with Crippen molar-refractivity contribution >= 4 is 49.0 Å². The number of aromatic nitrogens is 1. The van der Waals surface area contributed by atoms with E-state index in [-0.39, 0.29) is 11.8 Å².